The second-order valence-corrected chi connectivity index (χ2v) is 7.06. The first-order chi connectivity index (χ1) is 10.3. The van der Waals surface area contributed by atoms with Crippen molar-refractivity contribution < 1.29 is 0 Å². The minimum absolute atomic E-state index is 0.445. The zero-order valence-corrected chi connectivity index (χ0v) is 12.9. The van der Waals surface area contributed by atoms with Gasteiger partial charge in [-0.05, 0) is 56.3 Å². The van der Waals surface area contributed by atoms with Crippen molar-refractivity contribution >= 4 is 0 Å². The molecular weight excluding hydrogens is 258 g/mol. The lowest BCUT2D eigenvalue weighted by molar-refractivity contribution is 0.143. The maximum atomic E-state index is 6.04. The molecule has 2 heterocycles. The standard InChI is InChI=1S/C18H27N3/c19-15-7-10-20(11-8-15)16-9-12-21(13-16)18-6-5-14-3-1-2-4-17(14)18/h1-4,15-16,18H,5-13,19H2. The van der Waals surface area contributed by atoms with Gasteiger partial charge in [-0.15, -0.1) is 0 Å². The summed E-state index contributed by atoms with van der Waals surface area (Å²) in [6.07, 6.45) is 6.29. The lowest BCUT2D eigenvalue weighted by Crippen LogP contribution is -2.46. The molecule has 1 aliphatic carbocycles. The molecule has 2 unspecified atom stereocenters. The van der Waals surface area contributed by atoms with Crippen LogP contribution in [-0.4, -0.2) is 48.1 Å². The molecule has 0 radical (unpaired) electrons. The second kappa shape index (κ2) is 5.71. The minimum Gasteiger partial charge on any atom is -0.328 e. The van der Waals surface area contributed by atoms with E-state index in [-0.39, 0.29) is 0 Å². The Morgan fingerprint density at radius 3 is 2.52 bits per heavy atom. The Labute approximate surface area is 128 Å². The summed E-state index contributed by atoms with van der Waals surface area (Å²) in [5, 5.41) is 0. The van der Waals surface area contributed by atoms with E-state index in [1.807, 2.05) is 0 Å². The minimum atomic E-state index is 0.445. The number of hydrogen-bond acceptors (Lipinski definition) is 3. The van der Waals surface area contributed by atoms with Gasteiger partial charge in [-0.2, -0.15) is 0 Å². The highest BCUT2D eigenvalue weighted by Crippen LogP contribution is 2.38. The molecule has 21 heavy (non-hydrogen) atoms. The van der Waals surface area contributed by atoms with Gasteiger partial charge in [0.2, 0.25) is 0 Å². The molecule has 0 spiro atoms. The number of piperidine rings is 1. The lowest BCUT2D eigenvalue weighted by atomic mass is 10.0. The topological polar surface area (TPSA) is 32.5 Å². The average Bonchev–Trinajstić information content (AvgIpc) is 3.14. The molecule has 4 rings (SSSR count). The van der Waals surface area contributed by atoms with Crippen LogP contribution in [0.2, 0.25) is 0 Å². The smallest absolute Gasteiger partial charge is 0.0354 e. The van der Waals surface area contributed by atoms with Crippen LogP contribution in [0.5, 0.6) is 0 Å². The van der Waals surface area contributed by atoms with Crippen LogP contribution in [0.25, 0.3) is 0 Å². The highest BCUT2D eigenvalue weighted by atomic mass is 15.3. The van der Waals surface area contributed by atoms with Crippen molar-refractivity contribution in [2.45, 2.75) is 50.2 Å². The monoisotopic (exact) mass is 285 g/mol. The Morgan fingerprint density at radius 2 is 1.67 bits per heavy atom. The molecule has 0 bridgehead atoms. The molecule has 3 nitrogen and oxygen atoms in total. The molecule has 3 heteroatoms. The van der Waals surface area contributed by atoms with E-state index in [1.54, 1.807) is 11.1 Å². The van der Waals surface area contributed by atoms with Crippen LogP contribution in [0.3, 0.4) is 0 Å². The summed E-state index contributed by atoms with van der Waals surface area (Å²) in [7, 11) is 0. The lowest BCUT2D eigenvalue weighted by Gasteiger charge is -2.35. The molecule has 0 saturated carbocycles. The van der Waals surface area contributed by atoms with E-state index in [0.717, 1.165) is 6.04 Å². The fraction of sp³-hybridized carbons (Fsp3) is 0.667. The van der Waals surface area contributed by atoms with Crippen LogP contribution in [0.15, 0.2) is 24.3 Å². The van der Waals surface area contributed by atoms with Gasteiger partial charge < -0.3 is 5.73 Å². The van der Waals surface area contributed by atoms with Crippen LogP contribution in [0.1, 0.15) is 42.9 Å². The Kier molecular flexibility index (Phi) is 3.74. The second-order valence-electron chi connectivity index (χ2n) is 7.06. The molecule has 2 N–H and O–H groups in total. The van der Waals surface area contributed by atoms with Crippen molar-refractivity contribution in [3.05, 3.63) is 35.4 Å². The SMILES string of the molecule is NC1CCN(C2CCN(C3CCc4ccccc43)C2)CC1. The average molecular weight is 285 g/mol. The third kappa shape index (κ3) is 2.63. The number of nitrogens with two attached hydrogens (primary N) is 1. The first-order valence-electron chi connectivity index (χ1n) is 8.63. The Bertz CT molecular complexity index is 493. The van der Waals surface area contributed by atoms with Crippen LogP contribution in [0, 0.1) is 0 Å². The molecule has 2 saturated heterocycles. The van der Waals surface area contributed by atoms with Gasteiger partial charge in [-0.1, -0.05) is 24.3 Å². The van der Waals surface area contributed by atoms with E-state index in [4.69, 9.17) is 5.73 Å². The maximum absolute atomic E-state index is 6.04. The Hall–Kier alpha value is -0.900. The van der Waals surface area contributed by atoms with Gasteiger partial charge in [0, 0.05) is 31.2 Å². The van der Waals surface area contributed by atoms with Crippen LogP contribution >= 0.6 is 0 Å². The quantitative estimate of drug-likeness (QED) is 0.904. The van der Waals surface area contributed by atoms with E-state index in [9.17, 15) is 0 Å². The van der Waals surface area contributed by atoms with Crippen LogP contribution in [-0.2, 0) is 6.42 Å². The zero-order chi connectivity index (χ0) is 14.2. The molecule has 0 aromatic heterocycles. The van der Waals surface area contributed by atoms with Gasteiger partial charge >= 0.3 is 0 Å². The number of fused-ring (bicyclic) bond motifs is 1. The largest absolute Gasteiger partial charge is 0.328 e. The van der Waals surface area contributed by atoms with Crippen molar-refractivity contribution in [2.24, 2.45) is 5.73 Å². The molecule has 2 fully saturated rings. The number of hydrogen-bond donors (Lipinski definition) is 1. The summed E-state index contributed by atoms with van der Waals surface area (Å²) >= 11 is 0. The molecular formula is C18H27N3. The molecule has 2 atom stereocenters. The third-order valence-electron chi connectivity index (χ3n) is 5.83. The van der Waals surface area contributed by atoms with Gasteiger partial charge in [0.15, 0.2) is 0 Å². The Morgan fingerprint density at radius 1 is 0.905 bits per heavy atom. The van der Waals surface area contributed by atoms with Crippen molar-refractivity contribution in [1.82, 2.24) is 9.80 Å². The summed E-state index contributed by atoms with van der Waals surface area (Å²) in [6, 6.07) is 10.9. The number of nitrogens with zero attached hydrogens (tertiary/aromatic N) is 2. The van der Waals surface area contributed by atoms with Crippen LogP contribution < -0.4 is 5.73 Å². The summed E-state index contributed by atoms with van der Waals surface area (Å²) in [4.78, 5) is 5.44. The van der Waals surface area contributed by atoms with Gasteiger partial charge in [0.1, 0.15) is 0 Å². The highest BCUT2D eigenvalue weighted by Gasteiger charge is 2.35. The normalized spacial score (nSPS) is 31.7. The predicted molar refractivity (Wildman–Crippen MR) is 86.3 cm³/mol. The molecule has 0 amide bonds. The van der Waals surface area contributed by atoms with Gasteiger partial charge in [-0.3, -0.25) is 9.80 Å². The maximum Gasteiger partial charge on any atom is 0.0354 e. The highest BCUT2D eigenvalue weighted by molar-refractivity contribution is 5.34. The van der Waals surface area contributed by atoms with E-state index in [2.05, 4.69) is 34.1 Å². The summed E-state index contributed by atoms with van der Waals surface area (Å²) in [5.41, 5.74) is 9.21. The number of benzene rings is 1. The number of likely N-dealkylation sites (tertiary alicyclic amines) is 2. The first kappa shape index (κ1) is 13.7. The van der Waals surface area contributed by atoms with E-state index in [1.165, 1.54) is 58.3 Å². The van der Waals surface area contributed by atoms with Crippen molar-refractivity contribution in [2.75, 3.05) is 26.2 Å². The predicted octanol–water partition coefficient (Wildman–Crippen LogP) is 2.17. The number of rotatable bonds is 2. The van der Waals surface area contributed by atoms with Crippen molar-refractivity contribution in [3.63, 3.8) is 0 Å². The molecule has 1 aromatic carbocycles. The summed E-state index contributed by atoms with van der Waals surface area (Å²) in [6.45, 7) is 4.95. The van der Waals surface area contributed by atoms with E-state index in [0.29, 0.717) is 12.1 Å². The fourth-order valence-corrected chi connectivity index (χ4v) is 4.55. The summed E-state index contributed by atoms with van der Waals surface area (Å²) < 4.78 is 0. The first-order valence-corrected chi connectivity index (χ1v) is 8.63. The van der Waals surface area contributed by atoms with E-state index < -0.39 is 0 Å². The molecule has 1 aromatic rings. The Balaban J connectivity index is 1.41. The zero-order valence-electron chi connectivity index (χ0n) is 12.9. The molecule has 114 valence electrons. The third-order valence-corrected chi connectivity index (χ3v) is 5.83. The van der Waals surface area contributed by atoms with Crippen molar-refractivity contribution in [3.8, 4) is 0 Å². The fourth-order valence-electron chi connectivity index (χ4n) is 4.55. The molecule has 2 aliphatic heterocycles. The van der Waals surface area contributed by atoms with Gasteiger partial charge in [0.25, 0.3) is 0 Å². The van der Waals surface area contributed by atoms with E-state index >= 15 is 0 Å². The number of aryl methyl sites for hydroxylation is 1. The molecule has 3 aliphatic rings. The van der Waals surface area contributed by atoms with Gasteiger partial charge in [-0.25, -0.2) is 0 Å². The summed E-state index contributed by atoms with van der Waals surface area (Å²) in [5.74, 6) is 0. The van der Waals surface area contributed by atoms with Crippen molar-refractivity contribution in [1.29, 1.82) is 0 Å². The van der Waals surface area contributed by atoms with Crippen LogP contribution in [0.4, 0.5) is 0 Å². The van der Waals surface area contributed by atoms with Gasteiger partial charge in [0.05, 0.1) is 0 Å².